The Balaban J connectivity index is 1.27. The molecule has 2 heterocycles. The summed E-state index contributed by atoms with van der Waals surface area (Å²) in [5.41, 5.74) is 2.46. The fraction of sp³-hybridized carbons (Fsp3) is 0.414. The topological polar surface area (TPSA) is 63.3 Å². The molecule has 0 radical (unpaired) electrons. The van der Waals surface area contributed by atoms with Gasteiger partial charge in [-0.15, -0.1) is 0 Å². The van der Waals surface area contributed by atoms with Crippen molar-refractivity contribution >= 4 is 28.1 Å². The molecule has 3 aromatic carbocycles. The van der Waals surface area contributed by atoms with Gasteiger partial charge in [-0.25, -0.2) is 0 Å². The number of nitrogens with zero attached hydrogens (tertiary/aromatic N) is 2. The summed E-state index contributed by atoms with van der Waals surface area (Å²) in [4.78, 5) is 17.8. The highest BCUT2D eigenvalue weighted by molar-refractivity contribution is 6.10. The molecule has 7 heteroatoms. The summed E-state index contributed by atoms with van der Waals surface area (Å²) in [5, 5.41) is 5.06. The van der Waals surface area contributed by atoms with Crippen LogP contribution in [0.5, 0.6) is 5.75 Å². The Morgan fingerprint density at radius 2 is 1.72 bits per heavy atom. The summed E-state index contributed by atoms with van der Waals surface area (Å²) in [6.07, 6.45) is 0.485. The van der Waals surface area contributed by atoms with Crippen LogP contribution >= 0.6 is 0 Å². The fourth-order valence-electron chi connectivity index (χ4n) is 5.12. The molecule has 0 unspecified atom stereocenters. The van der Waals surface area contributed by atoms with Crippen molar-refractivity contribution in [2.75, 3.05) is 62.8 Å². The van der Waals surface area contributed by atoms with Crippen LogP contribution in [0.4, 0.5) is 11.4 Å². The van der Waals surface area contributed by atoms with Crippen LogP contribution < -0.4 is 15.0 Å². The molecule has 190 valence electrons. The lowest BCUT2D eigenvalue weighted by molar-refractivity contribution is -0.0699. The first-order chi connectivity index (χ1) is 17.6. The standard InChI is InChI=1S/C29H35N3O4/c1-21-19-31(20-22(2)36-21)12-17-35-28-11-10-27(25-8-3-4-9-26(25)28)30-29(33)23-6-5-7-24(18-23)32-13-15-34-16-14-32/h3-11,18,21-22H,12-17,19-20H2,1-2H3,(H,30,33)/t21-,22+. The lowest BCUT2D eigenvalue weighted by Crippen LogP contribution is -2.46. The summed E-state index contributed by atoms with van der Waals surface area (Å²) in [6.45, 7) is 10.6. The molecule has 36 heavy (non-hydrogen) atoms. The molecule has 3 aromatic rings. The molecule has 2 atom stereocenters. The van der Waals surface area contributed by atoms with Gasteiger partial charge < -0.3 is 24.4 Å². The third kappa shape index (κ3) is 5.81. The number of ether oxygens (including phenoxy) is 3. The third-order valence-electron chi connectivity index (χ3n) is 6.78. The molecular formula is C29H35N3O4. The molecular weight excluding hydrogens is 454 g/mol. The maximum absolute atomic E-state index is 13.2. The Morgan fingerprint density at radius 3 is 2.50 bits per heavy atom. The predicted octanol–water partition coefficient (Wildman–Crippen LogP) is 4.42. The van der Waals surface area contributed by atoms with Crippen molar-refractivity contribution in [3.8, 4) is 5.75 Å². The number of amides is 1. The Kier molecular flexibility index (Phi) is 7.70. The van der Waals surface area contributed by atoms with E-state index in [4.69, 9.17) is 14.2 Å². The minimum atomic E-state index is -0.125. The van der Waals surface area contributed by atoms with Crippen LogP contribution in [-0.2, 0) is 9.47 Å². The molecule has 2 fully saturated rings. The van der Waals surface area contributed by atoms with E-state index < -0.39 is 0 Å². The Bertz CT molecular complexity index is 1180. The fourth-order valence-corrected chi connectivity index (χ4v) is 5.12. The van der Waals surface area contributed by atoms with Gasteiger partial charge in [0, 0.05) is 60.4 Å². The van der Waals surface area contributed by atoms with Gasteiger partial charge in [0.25, 0.3) is 5.91 Å². The number of benzene rings is 3. The van der Waals surface area contributed by atoms with Gasteiger partial charge in [-0.2, -0.15) is 0 Å². The second kappa shape index (κ2) is 11.3. The van der Waals surface area contributed by atoms with Gasteiger partial charge in [-0.05, 0) is 44.2 Å². The Labute approximate surface area is 212 Å². The smallest absolute Gasteiger partial charge is 0.255 e. The molecule has 1 N–H and O–H groups in total. The zero-order valence-electron chi connectivity index (χ0n) is 21.1. The number of carbonyl (C=O) groups is 1. The summed E-state index contributed by atoms with van der Waals surface area (Å²) >= 11 is 0. The number of nitrogens with one attached hydrogen (secondary N) is 1. The number of hydrogen-bond acceptors (Lipinski definition) is 6. The first-order valence-corrected chi connectivity index (χ1v) is 12.8. The lowest BCUT2D eigenvalue weighted by Gasteiger charge is -2.35. The number of rotatable bonds is 7. The molecule has 0 saturated carbocycles. The average Bonchev–Trinajstić information content (AvgIpc) is 2.90. The minimum Gasteiger partial charge on any atom is -0.492 e. The van der Waals surface area contributed by atoms with Gasteiger partial charge in [-0.3, -0.25) is 9.69 Å². The van der Waals surface area contributed by atoms with Gasteiger partial charge in [-0.1, -0.05) is 30.3 Å². The van der Waals surface area contributed by atoms with Gasteiger partial charge in [0.1, 0.15) is 12.4 Å². The second-order valence-electron chi connectivity index (χ2n) is 9.63. The van der Waals surface area contributed by atoms with Crippen molar-refractivity contribution in [3.63, 3.8) is 0 Å². The molecule has 0 aromatic heterocycles. The largest absolute Gasteiger partial charge is 0.492 e. The minimum absolute atomic E-state index is 0.125. The normalized spacial score (nSPS) is 20.9. The number of morpholine rings is 2. The van der Waals surface area contributed by atoms with Crippen molar-refractivity contribution in [1.29, 1.82) is 0 Å². The van der Waals surface area contributed by atoms with Crippen LogP contribution in [0.15, 0.2) is 60.7 Å². The molecule has 1 amide bonds. The molecule has 2 saturated heterocycles. The van der Waals surface area contributed by atoms with E-state index in [1.165, 1.54) is 0 Å². The van der Waals surface area contributed by atoms with E-state index in [0.717, 1.165) is 60.6 Å². The summed E-state index contributed by atoms with van der Waals surface area (Å²) < 4.78 is 17.5. The maximum atomic E-state index is 13.2. The van der Waals surface area contributed by atoms with E-state index in [1.54, 1.807) is 0 Å². The average molecular weight is 490 g/mol. The predicted molar refractivity (Wildman–Crippen MR) is 143 cm³/mol. The van der Waals surface area contributed by atoms with Gasteiger partial charge in [0.05, 0.1) is 25.4 Å². The van der Waals surface area contributed by atoms with E-state index in [-0.39, 0.29) is 18.1 Å². The third-order valence-corrected chi connectivity index (χ3v) is 6.78. The first kappa shape index (κ1) is 24.6. The highest BCUT2D eigenvalue weighted by Crippen LogP contribution is 2.32. The Hall–Kier alpha value is -3.13. The molecule has 0 spiro atoms. The summed E-state index contributed by atoms with van der Waals surface area (Å²) in [7, 11) is 0. The maximum Gasteiger partial charge on any atom is 0.255 e. The summed E-state index contributed by atoms with van der Waals surface area (Å²) in [6, 6.07) is 19.7. The number of anilines is 2. The van der Waals surface area contributed by atoms with Crippen LogP contribution in [0.25, 0.3) is 10.8 Å². The lowest BCUT2D eigenvalue weighted by atomic mass is 10.1. The van der Waals surface area contributed by atoms with Crippen LogP contribution in [0, 0.1) is 0 Å². The zero-order valence-corrected chi connectivity index (χ0v) is 21.1. The highest BCUT2D eigenvalue weighted by Gasteiger charge is 2.22. The second-order valence-corrected chi connectivity index (χ2v) is 9.63. The first-order valence-electron chi connectivity index (χ1n) is 12.8. The van der Waals surface area contributed by atoms with Crippen molar-refractivity contribution < 1.29 is 19.0 Å². The van der Waals surface area contributed by atoms with Crippen molar-refractivity contribution in [3.05, 3.63) is 66.2 Å². The van der Waals surface area contributed by atoms with Crippen LogP contribution in [0.2, 0.25) is 0 Å². The number of hydrogen-bond donors (Lipinski definition) is 1. The molecule has 7 nitrogen and oxygen atoms in total. The van der Waals surface area contributed by atoms with Crippen LogP contribution in [0.1, 0.15) is 24.2 Å². The molecule has 2 aliphatic rings. The van der Waals surface area contributed by atoms with E-state index in [9.17, 15) is 4.79 Å². The quantitative estimate of drug-likeness (QED) is 0.530. The molecule has 5 rings (SSSR count). The number of carbonyl (C=O) groups excluding carboxylic acids is 1. The number of fused-ring (bicyclic) bond motifs is 1. The molecule has 2 aliphatic heterocycles. The highest BCUT2D eigenvalue weighted by atomic mass is 16.5. The van der Waals surface area contributed by atoms with Crippen molar-refractivity contribution in [2.45, 2.75) is 26.1 Å². The summed E-state index contributed by atoms with van der Waals surface area (Å²) in [5.74, 6) is 0.701. The molecule has 0 bridgehead atoms. The monoisotopic (exact) mass is 489 g/mol. The van der Waals surface area contributed by atoms with Gasteiger partial charge >= 0.3 is 0 Å². The van der Waals surface area contributed by atoms with E-state index in [2.05, 4.69) is 29.0 Å². The van der Waals surface area contributed by atoms with Crippen LogP contribution in [-0.4, -0.2) is 75.6 Å². The van der Waals surface area contributed by atoms with Gasteiger partial charge in [0.15, 0.2) is 0 Å². The van der Waals surface area contributed by atoms with E-state index in [1.807, 2.05) is 60.7 Å². The van der Waals surface area contributed by atoms with Gasteiger partial charge in [0.2, 0.25) is 0 Å². The van der Waals surface area contributed by atoms with E-state index >= 15 is 0 Å². The zero-order chi connectivity index (χ0) is 24.9. The Morgan fingerprint density at radius 1 is 0.972 bits per heavy atom. The molecule has 0 aliphatic carbocycles. The van der Waals surface area contributed by atoms with Crippen molar-refractivity contribution in [1.82, 2.24) is 4.90 Å². The van der Waals surface area contributed by atoms with Crippen molar-refractivity contribution in [2.24, 2.45) is 0 Å². The van der Waals surface area contributed by atoms with E-state index in [0.29, 0.717) is 25.4 Å². The SMILES string of the molecule is C[C@@H]1CN(CCOc2ccc(NC(=O)c3cccc(N4CCOCC4)c3)c3ccccc23)C[C@H](C)O1. The van der Waals surface area contributed by atoms with Crippen LogP contribution in [0.3, 0.4) is 0 Å².